The third-order valence-corrected chi connectivity index (χ3v) is 26.5. The lowest BCUT2D eigenvalue weighted by Crippen LogP contribution is -2.32. The van der Waals surface area contributed by atoms with Crippen molar-refractivity contribution in [2.75, 3.05) is 0 Å². The highest BCUT2D eigenvalue weighted by Gasteiger charge is 2.46. The van der Waals surface area contributed by atoms with E-state index in [-0.39, 0.29) is 27.5 Å². The number of halogens is 1. The summed E-state index contributed by atoms with van der Waals surface area (Å²) in [5, 5.41) is 0. The summed E-state index contributed by atoms with van der Waals surface area (Å²) in [5.41, 5.74) is 51.4. The van der Waals surface area contributed by atoms with Gasteiger partial charge in [0.2, 0.25) is 22.8 Å². The number of aryl methyl sites for hydroxylation is 14. The molecule has 0 spiro atoms. The molecule has 8 aromatic carbocycles. The second kappa shape index (κ2) is 31.4. The summed E-state index contributed by atoms with van der Waals surface area (Å²) in [5.74, 6) is -0.218. The molecule has 20 rings (SSSR count). The lowest BCUT2D eigenvalue weighted by molar-refractivity contribution is -0.660. The van der Waals surface area contributed by atoms with Gasteiger partial charge in [0.15, 0.2) is 24.8 Å². The fourth-order valence-electron chi connectivity index (χ4n) is 20.0. The maximum atomic E-state index is 13.4. The van der Waals surface area contributed by atoms with E-state index in [0.29, 0.717) is 0 Å². The van der Waals surface area contributed by atoms with Crippen molar-refractivity contribution < 1.29 is 22.7 Å². The highest BCUT2D eigenvalue weighted by molar-refractivity contribution is 5.92. The van der Waals surface area contributed by atoms with Gasteiger partial charge in [0.25, 0.3) is 0 Å². The predicted molar refractivity (Wildman–Crippen MR) is 503 cm³/mol. The van der Waals surface area contributed by atoms with Crippen LogP contribution < -0.4 is 18.3 Å². The number of pyridine rings is 8. The largest absolute Gasteiger partial charge is 0.257 e. The van der Waals surface area contributed by atoms with Gasteiger partial charge < -0.3 is 0 Å². The average Bonchev–Trinajstić information content (AvgIpc) is 1.58. The summed E-state index contributed by atoms with van der Waals surface area (Å²) in [7, 11) is 8.53. The first-order valence-electron chi connectivity index (χ1n) is 43.2. The molecule has 0 N–H and O–H groups in total. The topological polar surface area (TPSA) is 67.1 Å². The van der Waals surface area contributed by atoms with Gasteiger partial charge in [-0.3, -0.25) is 19.9 Å². The molecule has 9 heteroatoms. The van der Waals surface area contributed by atoms with Gasteiger partial charge in [-0.05, 0) is 218 Å². The van der Waals surface area contributed by atoms with Gasteiger partial charge in [-0.25, -0.2) is 22.7 Å². The second-order valence-electron chi connectivity index (χ2n) is 36.9. The highest BCUT2D eigenvalue weighted by Crippen LogP contribution is 2.57. The predicted octanol–water partition coefficient (Wildman–Crippen LogP) is 25.4. The van der Waals surface area contributed by atoms with Crippen LogP contribution in [0.5, 0.6) is 0 Å². The number of aromatic nitrogens is 8. The molecular formula is C114H111FN8+4. The number of hydrogen-bond donors (Lipinski definition) is 0. The van der Waals surface area contributed by atoms with E-state index in [4.69, 9.17) is 19.9 Å². The van der Waals surface area contributed by atoms with E-state index < -0.39 is 0 Å². The van der Waals surface area contributed by atoms with Crippen molar-refractivity contribution in [2.45, 2.75) is 146 Å². The van der Waals surface area contributed by atoms with Crippen molar-refractivity contribution in [1.82, 2.24) is 19.9 Å². The van der Waals surface area contributed by atoms with Gasteiger partial charge in [0.05, 0.1) is 45.0 Å². The van der Waals surface area contributed by atoms with E-state index in [9.17, 15) is 4.39 Å². The zero-order valence-electron chi connectivity index (χ0n) is 75.4. The molecule has 0 unspecified atom stereocenters. The Morgan fingerprint density at radius 2 is 0.496 bits per heavy atom. The van der Waals surface area contributed by atoms with E-state index >= 15 is 0 Å². The first kappa shape index (κ1) is 82.2. The molecule has 0 fully saturated rings. The van der Waals surface area contributed by atoms with E-state index in [1.807, 2.05) is 12.1 Å². The quantitative estimate of drug-likeness (QED) is 0.142. The Balaban J connectivity index is 0.000000116. The lowest BCUT2D eigenvalue weighted by Gasteiger charge is -2.24. The minimum Gasteiger partial charge on any atom is -0.257 e. The van der Waals surface area contributed by atoms with Crippen LogP contribution in [0.25, 0.3) is 134 Å². The molecule has 4 aliphatic rings. The van der Waals surface area contributed by atoms with Gasteiger partial charge >= 0.3 is 0 Å². The lowest BCUT2D eigenvalue weighted by atomic mass is 9.80. The maximum absolute atomic E-state index is 13.4. The minimum absolute atomic E-state index is 0.136. The number of hydrogen-bond acceptors (Lipinski definition) is 4. The van der Waals surface area contributed by atoms with E-state index in [1.54, 1.807) is 0 Å². The molecule has 0 amide bonds. The van der Waals surface area contributed by atoms with Crippen molar-refractivity contribution in [3.05, 3.63) is 381 Å². The monoisotopic (exact) mass is 1610 g/mol. The smallest absolute Gasteiger partial charge is 0.213 e. The number of fused-ring (bicyclic) bond motifs is 12. The molecule has 0 radical (unpaired) electrons. The maximum Gasteiger partial charge on any atom is 0.213 e. The first-order valence-corrected chi connectivity index (χ1v) is 43.2. The van der Waals surface area contributed by atoms with Crippen molar-refractivity contribution in [3.63, 3.8) is 0 Å². The van der Waals surface area contributed by atoms with Crippen LogP contribution in [-0.2, 0) is 49.9 Å². The summed E-state index contributed by atoms with van der Waals surface area (Å²) >= 11 is 0. The molecule has 8 nitrogen and oxygen atoms in total. The average molecular weight is 1610 g/mol. The van der Waals surface area contributed by atoms with Crippen molar-refractivity contribution >= 4 is 0 Å². The fourth-order valence-corrected chi connectivity index (χ4v) is 20.0. The van der Waals surface area contributed by atoms with Crippen LogP contribution in [0.1, 0.15) is 157 Å². The molecule has 610 valence electrons. The third kappa shape index (κ3) is 14.5. The van der Waals surface area contributed by atoms with Gasteiger partial charge in [0, 0.05) is 114 Å². The molecule has 0 saturated heterocycles. The molecule has 123 heavy (non-hydrogen) atoms. The normalized spacial score (nSPS) is 13.7. The Labute approximate surface area is 727 Å². The second-order valence-corrected chi connectivity index (χ2v) is 36.9. The standard InChI is InChI=1S/2C29H29N2.C28H26FN2.C28H27N2/c1-18-7-11-21(12-8-18)22-13-16-25(31(6)17-22)26-19(2)9-14-23-24-15-10-20(3)30-28(24)29(4,5)27(23)26;1-18-7-11-21(12-8-18)22-15-16-31(6)25(17-22)26-19(2)9-13-23-24-14-10-20(3)30-28(24)29(4,5)27(23)26;1-17-6-12-22-23-13-7-18(2)30-27(23)28(3,4)26(22)25(17)24-16-20(14-15-31(24)5)19-8-10-21(29)11-9-19;1-18-11-14-22-23-15-12-19(2)29-27(23)28(3,4)26(22)25(18)24-16-13-21(17-30(24)5)20-9-7-6-8-10-20/h2*7-17H,1-6H3;6-16H,1-5H3;6-17H,1-5H3/q4*+1. The van der Waals surface area contributed by atoms with Crippen molar-refractivity contribution in [3.8, 4) is 134 Å². The number of rotatable bonds is 8. The third-order valence-electron chi connectivity index (χ3n) is 26.5. The Morgan fingerprint density at radius 3 is 0.797 bits per heavy atom. The summed E-state index contributed by atoms with van der Waals surface area (Å²) in [6.45, 7) is 39.8. The van der Waals surface area contributed by atoms with Gasteiger partial charge in [-0.1, -0.05) is 230 Å². The van der Waals surface area contributed by atoms with Gasteiger partial charge in [-0.2, -0.15) is 0 Å². The molecule has 8 heterocycles. The fraction of sp³-hybridized carbons (Fsp3) is 0.228. The molecule has 8 aromatic heterocycles. The zero-order chi connectivity index (χ0) is 86.8. The van der Waals surface area contributed by atoms with Crippen LogP contribution in [0.4, 0.5) is 4.39 Å². The van der Waals surface area contributed by atoms with Gasteiger partial charge in [-0.15, -0.1) is 0 Å². The number of benzene rings is 8. The van der Waals surface area contributed by atoms with Crippen LogP contribution in [0, 0.1) is 75.1 Å². The Hall–Kier alpha value is -13.1. The van der Waals surface area contributed by atoms with Crippen LogP contribution in [0.2, 0.25) is 0 Å². The Kier molecular flexibility index (Phi) is 21.0. The molecule has 0 atom stereocenters. The zero-order valence-corrected chi connectivity index (χ0v) is 75.4. The van der Waals surface area contributed by atoms with Gasteiger partial charge in [0.1, 0.15) is 34.0 Å². The minimum atomic E-state index is -0.218. The summed E-state index contributed by atoms with van der Waals surface area (Å²) in [6, 6.07) is 88.1. The van der Waals surface area contributed by atoms with Crippen LogP contribution in [0.15, 0.2) is 274 Å². The molecule has 0 bridgehead atoms. The van der Waals surface area contributed by atoms with Crippen LogP contribution >= 0.6 is 0 Å². The molecule has 0 saturated carbocycles. The number of nitrogens with zero attached hydrogens (tertiary/aromatic N) is 8. The molecule has 0 aliphatic heterocycles. The Bertz CT molecular complexity index is 6730. The van der Waals surface area contributed by atoms with E-state index in [0.717, 1.165) is 45.3 Å². The van der Waals surface area contributed by atoms with Crippen molar-refractivity contribution in [2.24, 2.45) is 28.2 Å². The van der Waals surface area contributed by atoms with E-state index in [2.05, 4.69) is 420 Å². The first-order chi connectivity index (χ1) is 58.7. The SMILES string of the molecule is Cc1ccc(-c2cc[n+](C)c(-c3c(C)ccc4c3C(C)(C)c3nc(C)ccc3-4)c2)cc1.Cc1ccc(-c2ccc(-c3c(C)ccc4c3C(C)(C)c3nc(C)ccc3-4)[n+](C)c2)cc1.Cc1ccc2c(n1)C(C)(C)c1c-2ccc(C)c1-c1cc(-c2ccc(F)cc2)cc[n+]1C.Cc1ccc2c(n1)C(C)(C)c1c-2ccc(C)c1-c1ccc(-c2ccccc2)c[n+]1C. The molecule has 4 aliphatic carbocycles. The van der Waals surface area contributed by atoms with Crippen molar-refractivity contribution in [1.29, 1.82) is 0 Å². The molecule has 16 aromatic rings. The summed E-state index contributed by atoms with van der Waals surface area (Å²) in [6.07, 6.45) is 8.75. The van der Waals surface area contributed by atoms with E-state index in [1.165, 1.54) is 202 Å². The summed E-state index contributed by atoms with van der Waals surface area (Å²) in [4.78, 5) is 19.8. The van der Waals surface area contributed by atoms with Crippen LogP contribution in [-0.4, -0.2) is 19.9 Å². The molecular weight excluding hydrogens is 1500 g/mol. The Morgan fingerprint density at radius 1 is 0.236 bits per heavy atom. The highest BCUT2D eigenvalue weighted by atomic mass is 19.1. The van der Waals surface area contributed by atoms with Crippen LogP contribution in [0.3, 0.4) is 0 Å². The summed E-state index contributed by atoms with van der Waals surface area (Å²) < 4.78 is 22.4.